The van der Waals surface area contributed by atoms with Crippen LogP contribution in [-0.2, 0) is 27.6 Å². The van der Waals surface area contributed by atoms with Crippen LogP contribution in [0.1, 0.15) is 65.2 Å². The van der Waals surface area contributed by atoms with Gasteiger partial charge in [0.1, 0.15) is 0 Å². The van der Waals surface area contributed by atoms with Gasteiger partial charge in [-0.15, -0.1) is 0 Å². The van der Waals surface area contributed by atoms with E-state index in [1.165, 1.54) is 38.2 Å². The molecule has 0 atom stereocenters. The first-order valence-electron chi connectivity index (χ1n) is 10.8. The third-order valence-corrected chi connectivity index (χ3v) is 7.27. The first-order chi connectivity index (χ1) is 13.5. The maximum absolute atomic E-state index is 6.33. The van der Waals surface area contributed by atoms with Crippen LogP contribution in [0.25, 0.3) is 21.5 Å². The summed E-state index contributed by atoms with van der Waals surface area (Å²) in [6.07, 6.45) is 2.17. The minimum Gasteiger partial charge on any atom is -0.399 e. The molecule has 0 radical (unpaired) electrons. The molecule has 0 bridgehead atoms. The number of hydrogen-bond acceptors (Lipinski definition) is 2. The molecule has 1 saturated heterocycles. The molecule has 0 N–H and O–H groups in total. The monoisotopic (exact) mass is 386 g/mol. The van der Waals surface area contributed by atoms with Gasteiger partial charge in [-0.3, -0.25) is 0 Å². The summed E-state index contributed by atoms with van der Waals surface area (Å²) in [6, 6.07) is 14.0. The Hall–Kier alpha value is -1.84. The Morgan fingerprint density at radius 3 is 1.83 bits per heavy atom. The minimum absolute atomic E-state index is 0.167. The molecule has 150 valence electrons. The Kier molecular flexibility index (Phi) is 3.87. The second kappa shape index (κ2) is 5.86. The van der Waals surface area contributed by atoms with Crippen molar-refractivity contribution in [3.63, 3.8) is 0 Å². The molecule has 29 heavy (non-hydrogen) atoms. The smallest absolute Gasteiger partial charge is 0.399 e. The second-order valence-corrected chi connectivity index (χ2v) is 10.9. The fraction of sp³-hybridized carbons (Fsp3) is 0.462. The zero-order valence-electron chi connectivity index (χ0n) is 18.8. The van der Waals surface area contributed by atoms with Gasteiger partial charge in [0.25, 0.3) is 0 Å². The second-order valence-electron chi connectivity index (χ2n) is 10.9. The predicted octanol–water partition coefficient (Wildman–Crippen LogP) is 5.69. The van der Waals surface area contributed by atoms with Crippen molar-refractivity contribution in [2.45, 2.75) is 77.9 Å². The molecule has 3 aromatic rings. The van der Waals surface area contributed by atoms with Gasteiger partial charge in [0.05, 0.1) is 11.2 Å². The summed E-state index contributed by atoms with van der Waals surface area (Å²) in [4.78, 5) is 0. The third-order valence-electron chi connectivity index (χ3n) is 7.27. The van der Waals surface area contributed by atoms with E-state index < -0.39 is 0 Å². The van der Waals surface area contributed by atoms with Crippen LogP contribution in [0.4, 0.5) is 0 Å². The van der Waals surface area contributed by atoms with E-state index in [0.29, 0.717) is 0 Å². The molecule has 3 heteroatoms. The summed E-state index contributed by atoms with van der Waals surface area (Å²) in [7, 11) is -0.305. The van der Waals surface area contributed by atoms with Gasteiger partial charge in [-0.25, -0.2) is 0 Å². The summed E-state index contributed by atoms with van der Waals surface area (Å²) >= 11 is 0. The van der Waals surface area contributed by atoms with Crippen LogP contribution < -0.4 is 5.46 Å². The van der Waals surface area contributed by atoms with Crippen LogP contribution in [0.15, 0.2) is 36.4 Å². The normalized spacial score (nSPS) is 20.2. The zero-order valence-corrected chi connectivity index (χ0v) is 18.8. The quantitative estimate of drug-likeness (QED) is 0.395. The van der Waals surface area contributed by atoms with Gasteiger partial charge in [0.15, 0.2) is 0 Å². The first kappa shape index (κ1) is 19.1. The van der Waals surface area contributed by atoms with Crippen molar-refractivity contribution in [2.75, 3.05) is 0 Å². The molecular weight excluding hydrogens is 355 g/mol. The van der Waals surface area contributed by atoms with E-state index in [1.54, 1.807) is 0 Å². The van der Waals surface area contributed by atoms with Crippen LogP contribution in [0.3, 0.4) is 0 Å². The molecule has 1 fully saturated rings. The highest BCUT2D eigenvalue weighted by atomic mass is 16.7. The number of rotatable bonds is 1. The van der Waals surface area contributed by atoms with Gasteiger partial charge in [-0.05, 0) is 89.6 Å². The molecule has 0 unspecified atom stereocenters. The lowest BCUT2D eigenvalue weighted by molar-refractivity contribution is 0.00578. The fourth-order valence-corrected chi connectivity index (χ4v) is 4.74. The molecule has 0 saturated carbocycles. The molecule has 5 rings (SSSR count). The van der Waals surface area contributed by atoms with Crippen LogP contribution in [0.2, 0.25) is 0 Å². The Labute approximate surface area is 174 Å². The molecule has 0 amide bonds. The molecule has 1 heterocycles. The SMILES string of the molecule is CC(C)(C)c1cc2c3c(ccc4cc(B5OC(C)(C)C(C)(C)O5)cc(c43)CC2)c1. The van der Waals surface area contributed by atoms with Crippen molar-refractivity contribution in [2.24, 2.45) is 0 Å². The molecule has 2 nitrogen and oxygen atoms in total. The average molecular weight is 386 g/mol. The Morgan fingerprint density at radius 1 is 0.759 bits per heavy atom. The molecular formula is C26H31BO2. The Balaban J connectivity index is 1.69. The van der Waals surface area contributed by atoms with Crippen molar-refractivity contribution in [1.82, 2.24) is 0 Å². The zero-order chi connectivity index (χ0) is 20.8. The maximum Gasteiger partial charge on any atom is 0.494 e. The van der Waals surface area contributed by atoms with Crippen LogP contribution >= 0.6 is 0 Å². The van der Waals surface area contributed by atoms with E-state index in [-0.39, 0.29) is 23.7 Å². The van der Waals surface area contributed by atoms with Gasteiger partial charge in [-0.1, -0.05) is 57.2 Å². The Bertz CT molecular complexity index is 1140. The van der Waals surface area contributed by atoms with Crippen molar-refractivity contribution in [3.05, 3.63) is 53.1 Å². The number of benzene rings is 3. The molecule has 0 spiro atoms. The van der Waals surface area contributed by atoms with Crippen LogP contribution in [0, 0.1) is 0 Å². The lowest BCUT2D eigenvalue weighted by Gasteiger charge is -2.32. The standard InChI is InChI=1S/C26H31BO2/c1-24(2,3)20-12-16-8-10-18-14-21(27-28-25(4,5)26(6,7)29-27)15-19-11-9-17(13-20)22(16)23(18)19/h8,10,12-15H,9,11H2,1-7H3. The lowest BCUT2D eigenvalue weighted by atomic mass is 9.74. The number of hydrogen-bond donors (Lipinski definition) is 0. The van der Waals surface area contributed by atoms with Crippen molar-refractivity contribution < 1.29 is 9.31 Å². The first-order valence-corrected chi connectivity index (χ1v) is 10.8. The van der Waals surface area contributed by atoms with Gasteiger partial charge in [-0.2, -0.15) is 0 Å². The molecule has 3 aromatic carbocycles. The van der Waals surface area contributed by atoms with Crippen molar-refractivity contribution >= 4 is 34.1 Å². The minimum atomic E-state index is -0.316. The highest BCUT2D eigenvalue weighted by Gasteiger charge is 2.51. The molecule has 1 aliphatic carbocycles. The van der Waals surface area contributed by atoms with Gasteiger partial charge < -0.3 is 9.31 Å². The van der Waals surface area contributed by atoms with E-state index >= 15 is 0 Å². The summed E-state index contributed by atoms with van der Waals surface area (Å²) in [5.74, 6) is 0. The van der Waals surface area contributed by atoms with Gasteiger partial charge >= 0.3 is 7.12 Å². The maximum atomic E-state index is 6.33. The van der Waals surface area contributed by atoms with E-state index in [2.05, 4.69) is 84.9 Å². The lowest BCUT2D eigenvalue weighted by Crippen LogP contribution is -2.41. The summed E-state index contributed by atoms with van der Waals surface area (Å²) < 4.78 is 12.7. The van der Waals surface area contributed by atoms with E-state index in [4.69, 9.17) is 9.31 Å². The van der Waals surface area contributed by atoms with E-state index in [1.807, 2.05) is 0 Å². The van der Waals surface area contributed by atoms with Gasteiger partial charge in [0.2, 0.25) is 0 Å². The molecule has 0 aromatic heterocycles. The highest BCUT2D eigenvalue weighted by molar-refractivity contribution is 6.62. The third kappa shape index (κ3) is 2.85. The summed E-state index contributed by atoms with van der Waals surface area (Å²) in [5, 5.41) is 5.52. The molecule has 1 aliphatic heterocycles. The molecule has 2 aliphatic rings. The fourth-order valence-electron chi connectivity index (χ4n) is 4.74. The Morgan fingerprint density at radius 2 is 1.28 bits per heavy atom. The van der Waals surface area contributed by atoms with Crippen LogP contribution in [0.5, 0.6) is 0 Å². The number of aryl methyl sites for hydroxylation is 2. The van der Waals surface area contributed by atoms with E-state index in [0.717, 1.165) is 18.3 Å². The summed E-state index contributed by atoms with van der Waals surface area (Å²) in [6.45, 7) is 15.4. The van der Waals surface area contributed by atoms with Gasteiger partial charge in [0, 0.05) is 0 Å². The van der Waals surface area contributed by atoms with Crippen molar-refractivity contribution in [3.8, 4) is 0 Å². The largest absolute Gasteiger partial charge is 0.494 e. The average Bonchev–Trinajstić information content (AvgIpc) is 2.86. The summed E-state index contributed by atoms with van der Waals surface area (Å²) in [5.41, 5.74) is 5.02. The van der Waals surface area contributed by atoms with Crippen molar-refractivity contribution in [1.29, 1.82) is 0 Å². The van der Waals surface area contributed by atoms with E-state index in [9.17, 15) is 0 Å². The highest BCUT2D eigenvalue weighted by Crippen LogP contribution is 2.40. The topological polar surface area (TPSA) is 18.5 Å². The predicted molar refractivity (Wildman–Crippen MR) is 123 cm³/mol. The van der Waals surface area contributed by atoms with Crippen LogP contribution in [-0.4, -0.2) is 18.3 Å².